The molecule has 0 radical (unpaired) electrons. The molecular weight excluding hydrogens is 368 g/mol. The Morgan fingerprint density at radius 3 is 2.62 bits per heavy atom. The Bertz CT molecular complexity index is 889. The summed E-state index contributed by atoms with van der Waals surface area (Å²) in [5, 5.41) is 11.9. The van der Waals surface area contributed by atoms with Crippen molar-refractivity contribution in [3.05, 3.63) is 29.3 Å². The standard InChI is InChI=1S/C24H30O5/c1-22(2)10-11-23(29-21(22)26)8-7-19-17-13-20(25)18-12-14(28-3)4-5-15(18)16(17)6-9-24(19,23)27/h4-5,12,16-17,19,27H,6-11,13H2,1-3H3/t16?,17?,19?,23-,24-/m1/s1. The van der Waals surface area contributed by atoms with Gasteiger partial charge in [-0.25, -0.2) is 0 Å². The molecule has 1 aromatic rings. The second-order valence-electron chi connectivity index (χ2n) is 10.2. The number of Topliss-reactive ketones (excluding diaryl/α,β-unsaturated/α-hetero) is 1. The summed E-state index contributed by atoms with van der Waals surface area (Å²) in [7, 11) is 1.61. The first-order valence-electron chi connectivity index (χ1n) is 10.9. The van der Waals surface area contributed by atoms with E-state index in [4.69, 9.17) is 9.47 Å². The maximum absolute atomic E-state index is 13.0. The normalized spacial score (nSPS) is 40.1. The third-order valence-corrected chi connectivity index (χ3v) is 8.51. The topological polar surface area (TPSA) is 72.8 Å². The van der Waals surface area contributed by atoms with Crippen molar-refractivity contribution in [2.45, 2.75) is 75.9 Å². The van der Waals surface area contributed by atoms with Gasteiger partial charge in [0.15, 0.2) is 5.78 Å². The summed E-state index contributed by atoms with van der Waals surface area (Å²) in [5.41, 5.74) is -0.426. The summed E-state index contributed by atoms with van der Waals surface area (Å²) in [4.78, 5) is 25.6. The number of rotatable bonds is 1. The summed E-state index contributed by atoms with van der Waals surface area (Å²) >= 11 is 0. The second kappa shape index (κ2) is 6.07. The van der Waals surface area contributed by atoms with E-state index in [1.807, 2.05) is 32.0 Å². The lowest BCUT2D eigenvalue weighted by molar-refractivity contribution is -0.230. The van der Waals surface area contributed by atoms with E-state index in [1.54, 1.807) is 7.11 Å². The van der Waals surface area contributed by atoms with Gasteiger partial charge >= 0.3 is 5.97 Å². The monoisotopic (exact) mass is 398 g/mol. The van der Waals surface area contributed by atoms with Gasteiger partial charge in [-0.2, -0.15) is 0 Å². The van der Waals surface area contributed by atoms with E-state index < -0.39 is 16.6 Å². The van der Waals surface area contributed by atoms with E-state index in [0.29, 0.717) is 31.4 Å². The smallest absolute Gasteiger partial charge is 0.312 e. The average molecular weight is 398 g/mol. The van der Waals surface area contributed by atoms with Crippen molar-refractivity contribution in [2.24, 2.45) is 17.3 Å². The number of carbonyl (C=O) groups is 2. The number of esters is 1. The third-order valence-electron chi connectivity index (χ3n) is 8.51. The number of carbonyl (C=O) groups excluding carboxylic acids is 2. The number of methoxy groups -OCH3 is 1. The van der Waals surface area contributed by atoms with Crippen LogP contribution in [0.25, 0.3) is 0 Å². The van der Waals surface area contributed by atoms with Gasteiger partial charge in [-0.05, 0) is 87.8 Å². The van der Waals surface area contributed by atoms with E-state index in [2.05, 4.69) is 0 Å². The van der Waals surface area contributed by atoms with E-state index in [1.165, 1.54) is 0 Å². The van der Waals surface area contributed by atoms with Gasteiger partial charge in [-0.15, -0.1) is 0 Å². The molecule has 3 aliphatic carbocycles. The van der Waals surface area contributed by atoms with Gasteiger partial charge in [-0.3, -0.25) is 9.59 Å². The Morgan fingerprint density at radius 1 is 1.10 bits per heavy atom. The van der Waals surface area contributed by atoms with Gasteiger partial charge in [0.05, 0.1) is 12.5 Å². The van der Waals surface area contributed by atoms with E-state index in [-0.39, 0.29) is 29.5 Å². The van der Waals surface area contributed by atoms with E-state index >= 15 is 0 Å². The summed E-state index contributed by atoms with van der Waals surface area (Å²) in [5.74, 6) is 1.01. The highest BCUT2D eigenvalue weighted by molar-refractivity contribution is 5.99. The fourth-order valence-corrected chi connectivity index (χ4v) is 6.72. The Labute approximate surface area is 171 Å². The molecule has 5 nitrogen and oxygen atoms in total. The number of ether oxygens (including phenoxy) is 2. The molecule has 0 bridgehead atoms. The molecule has 0 amide bonds. The molecule has 3 unspecified atom stereocenters. The molecule has 5 heteroatoms. The predicted octanol–water partition coefficient (Wildman–Crippen LogP) is 4.02. The van der Waals surface area contributed by atoms with Gasteiger partial charge in [0, 0.05) is 12.0 Å². The van der Waals surface area contributed by atoms with Gasteiger partial charge in [-0.1, -0.05) is 6.07 Å². The molecule has 1 aromatic carbocycles. The average Bonchev–Trinajstić information content (AvgIpc) is 2.98. The summed E-state index contributed by atoms with van der Waals surface area (Å²) in [6, 6.07) is 5.81. The Kier molecular flexibility index (Phi) is 4.00. The van der Waals surface area contributed by atoms with Crippen LogP contribution >= 0.6 is 0 Å². The van der Waals surface area contributed by atoms with Crippen LogP contribution in [0.2, 0.25) is 0 Å². The summed E-state index contributed by atoms with van der Waals surface area (Å²) < 4.78 is 11.3. The molecule has 5 rings (SSSR count). The molecule has 1 saturated heterocycles. The molecule has 0 aromatic heterocycles. The van der Waals surface area contributed by atoms with Gasteiger partial charge < -0.3 is 14.6 Å². The van der Waals surface area contributed by atoms with Crippen LogP contribution in [0.3, 0.4) is 0 Å². The number of ketones is 1. The van der Waals surface area contributed by atoms with Crippen molar-refractivity contribution in [3.8, 4) is 5.75 Å². The molecular formula is C24H30O5. The molecule has 5 atom stereocenters. The minimum atomic E-state index is -1.02. The molecule has 1 aliphatic heterocycles. The Morgan fingerprint density at radius 2 is 1.90 bits per heavy atom. The predicted molar refractivity (Wildman–Crippen MR) is 107 cm³/mol. The fraction of sp³-hybridized carbons (Fsp3) is 0.667. The van der Waals surface area contributed by atoms with Crippen molar-refractivity contribution in [2.75, 3.05) is 7.11 Å². The van der Waals surface area contributed by atoms with Crippen LogP contribution in [-0.2, 0) is 9.53 Å². The van der Waals surface area contributed by atoms with Crippen LogP contribution < -0.4 is 4.74 Å². The maximum atomic E-state index is 13.0. The number of hydrogen-bond acceptors (Lipinski definition) is 5. The van der Waals surface area contributed by atoms with Gasteiger partial charge in [0.25, 0.3) is 0 Å². The Balaban J connectivity index is 1.49. The fourth-order valence-electron chi connectivity index (χ4n) is 6.72. The zero-order valence-corrected chi connectivity index (χ0v) is 17.5. The highest BCUT2D eigenvalue weighted by atomic mass is 16.6. The number of benzene rings is 1. The van der Waals surface area contributed by atoms with Crippen LogP contribution in [0.5, 0.6) is 5.75 Å². The zero-order valence-electron chi connectivity index (χ0n) is 17.5. The number of fused-ring (bicyclic) bond motifs is 6. The molecule has 4 aliphatic rings. The first-order chi connectivity index (χ1) is 13.7. The van der Waals surface area contributed by atoms with Gasteiger partial charge in [0.2, 0.25) is 0 Å². The lowest BCUT2D eigenvalue weighted by Gasteiger charge is -2.54. The van der Waals surface area contributed by atoms with Crippen molar-refractivity contribution in [1.29, 1.82) is 0 Å². The summed E-state index contributed by atoms with van der Waals surface area (Å²) in [6.45, 7) is 3.83. The molecule has 1 spiro atoms. The SMILES string of the molecule is COc1ccc2c(c1)C(=O)CC1C2CC[C@@]2(O)C1CC[C@@]21CCC(C)(C)C(=O)O1. The second-order valence-corrected chi connectivity index (χ2v) is 10.2. The zero-order chi connectivity index (χ0) is 20.6. The van der Waals surface area contributed by atoms with Crippen LogP contribution in [0.15, 0.2) is 18.2 Å². The highest BCUT2D eigenvalue weighted by Gasteiger charge is 2.68. The lowest BCUT2D eigenvalue weighted by atomic mass is 9.56. The van der Waals surface area contributed by atoms with Crippen molar-refractivity contribution < 1.29 is 24.2 Å². The number of hydrogen-bond donors (Lipinski definition) is 1. The molecule has 156 valence electrons. The minimum Gasteiger partial charge on any atom is -0.497 e. The van der Waals surface area contributed by atoms with Crippen molar-refractivity contribution in [3.63, 3.8) is 0 Å². The molecule has 1 heterocycles. The first-order valence-corrected chi connectivity index (χ1v) is 10.9. The van der Waals surface area contributed by atoms with Crippen LogP contribution in [-0.4, -0.2) is 35.2 Å². The molecule has 3 fully saturated rings. The lowest BCUT2D eigenvalue weighted by Crippen LogP contribution is -2.62. The quantitative estimate of drug-likeness (QED) is 0.724. The molecule has 29 heavy (non-hydrogen) atoms. The number of aliphatic hydroxyl groups is 1. The van der Waals surface area contributed by atoms with E-state index in [9.17, 15) is 14.7 Å². The van der Waals surface area contributed by atoms with Crippen LogP contribution in [0.1, 0.15) is 80.6 Å². The summed E-state index contributed by atoms with van der Waals surface area (Å²) in [6.07, 6.45) is 4.83. The third kappa shape index (κ3) is 2.49. The Hall–Kier alpha value is -1.88. The maximum Gasteiger partial charge on any atom is 0.312 e. The van der Waals surface area contributed by atoms with Crippen LogP contribution in [0, 0.1) is 17.3 Å². The minimum absolute atomic E-state index is 0.00513. The van der Waals surface area contributed by atoms with Gasteiger partial charge in [0.1, 0.15) is 17.0 Å². The molecule has 1 N–H and O–H groups in total. The molecule has 2 saturated carbocycles. The van der Waals surface area contributed by atoms with Crippen LogP contribution in [0.4, 0.5) is 0 Å². The van der Waals surface area contributed by atoms with E-state index in [0.717, 1.165) is 30.4 Å². The van der Waals surface area contributed by atoms with Crippen molar-refractivity contribution >= 4 is 11.8 Å². The largest absolute Gasteiger partial charge is 0.497 e. The van der Waals surface area contributed by atoms with Crippen molar-refractivity contribution in [1.82, 2.24) is 0 Å². The highest BCUT2D eigenvalue weighted by Crippen LogP contribution is 2.63. The first kappa shape index (κ1) is 19.1.